The van der Waals surface area contributed by atoms with Crippen LogP contribution in [-0.2, 0) is 30.8 Å². The summed E-state index contributed by atoms with van der Waals surface area (Å²) in [6, 6.07) is 32.1. The predicted octanol–water partition coefficient (Wildman–Crippen LogP) is 7.58. The lowest BCUT2D eigenvalue weighted by Gasteiger charge is -2.24. The second kappa shape index (κ2) is 14.6. The molecule has 1 aromatic heterocycles. The van der Waals surface area contributed by atoms with Gasteiger partial charge in [0, 0.05) is 38.4 Å². The fourth-order valence-electron chi connectivity index (χ4n) is 5.68. The number of hydrogen-bond donors (Lipinski definition) is 1. The molecule has 206 valence electrons. The van der Waals surface area contributed by atoms with Crippen molar-refractivity contribution in [2.75, 3.05) is 6.54 Å². The highest BCUT2D eigenvalue weighted by atomic mass is 16.2. The molecule has 4 nitrogen and oxygen atoms in total. The molecule has 4 aromatic rings. The van der Waals surface area contributed by atoms with Gasteiger partial charge in [-0.25, -0.2) is 0 Å². The van der Waals surface area contributed by atoms with Gasteiger partial charge in [0.2, 0.25) is 5.91 Å². The van der Waals surface area contributed by atoms with Crippen molar-refractivity contribution in [1.29, 1.82) is 0 Å². The van der Waals surface area contributed by atoms with E-state index in [9.17, 15) is 4.79 Å². The first-order valence-corrected chi connectivity index (χ1v) is 14.8. The van der Waals surface area contributed by atoms with Crippen LogP contribution in [0.3, 0.4) is 0 Å². The van der Waals surface area contributed by atoms with E-state index >= 15 is 0 Å². The van der Waals surface area contributed by atoms with Crippen LogP contribution in [0, 0.1) is 5.92 Å². The molecule has 1 fully saturated rings. The smallest absolute Gasteiger partial charge is 0.223 e. The number of pyridine rings is 1. The van der Waals surface area contributed by atoms with Crippen LogP contribution < -0.4 is 5.32 Å². The minimum atomic E-state index is 0.243. The quantitative estimate of drug-likeness (QED) is 0.181. The zero-order valence-electron chi connectivity index (χ0n) is 23.5. The second-order valence-corrected chi connectivity index (χ2v) is 11.1. The molecule has 3 aromatic carbocycles. The molecule has 1 aliphatic rings. The molecule has 0 atom stereocenters. The Morgan fingerprint density at radius 2 is 1.40 bits per heavy atom. The Hall–Kier alpha value is -3.76. The minimum Gasteiger partial charge on any atom is -0.334 e. The van der Waals surface area contributed by atoms with Gasteiger partial charge in [0.05, 0.1) is 0 Å². The van der Waals surface area contributed by atoms with Crippen molar-refractivity contribution in [1.82, 2.24) is 15.2 Å². The van der Waals surface area contributed by atoms with Crippen molar-refractivity contribution in [3.63, 3.8) is 0 Å². The van der Waals surface area contributed by atoms with Crippen LogP contribution in [0.15, 0.2) is 103 Å². The standard InChI is InChI=1S/C36H41N3O/c40-36(21-16-29-9-4-5-10-29)39(28-33-11-6-23-37-26-33)27-32-14-19-35(20-15-32)34-17-12-31(13-18-34)25-38-24-22-30-7-2-1-3-8-30/h1-3,6-8,11-15,17-20,23,26,29,38H,4-5,9-10,16,21-22,24-25,27-28H2. The summed E-state index contributed by atoms with van der Waals surface area (Å²) < 4.78 is 0. The van der Waals surface area contributed by atoms with E-state index in [1.54, 1.807) is 6.20 Å². The number of nitrogens with one attached hydrogen (secondary N) is 1. The number of nitrogens with zero attached hydrogens (tertiary/aromatic N) is 2. The normalized spacial score (nSPS) is 13.4. The third-order valence-electron chi connectivity index (χ3n) is 8.07. The molecule has 1 N–H and O–H groups in total. The summed E-state index contributed by atoms with van der Waals surface area (Å²) in [5.74, 6) is 0.965. The largest absolute Gasteiger partial charge is 0.334 e. The number of amides is 1. The number of carbonyl (C=O) groups excluding carboxylic acids is 1. The van der Waals surface area contributed by atoms with E-state index in [1.807, 2.05) is 17.2 Å². The molecule has 0 bridgehead atoms. The number of rotatable bonds is 13. The van der Waals surface area contributed by atoms with Gasteiger partial charge in [-0.1, -0.05) is 111 Å². The predicted molar refractivity (Wildman–Crippen MR) is 163 cm³/mol. The molecule has 0 aliphatic heterocycles. The fourth-order valence-corrected chi connectivity index (χ4v) is 5.68. The van der Waals surface area contributed by atoms with E-state index in [2.05, 4.69) is 95.2 Å². The first-order chi connectivity index (χ1) is 19.7. The molecule has 40 heavy (non-hydrogen) atoms. The second-order valence-electron chi connectivity index (χ2n) is 11.1. The molecule has 1 heterocycles. The van der Waals surface area contributed by atoms with Gasteiger partial charge < -0.3 is 10.2 Å². The summed E-state index contributed by atoms with van der Waals surface area (Å²) in [5, 5.41) is 3.55. The summed E-state index contributed by atoms with van der Waals surface area (Å²) in [7, 11) is 0. The summed E-state index contributed by atoms with van der Waals surface area (Å²) in [5.41, 5.74) is 7.28. The summed E-state index contributed by atoms with van der Waals surface area (Å²) >= 11 is 0. The average molecular weight is 532 g/mol. The topological polar surface area (TPSA) is 45.2 Å². The van der Waals surface area contributed by atoms with Crippen LogP contribution in [-0.4, -0.2) is 22.3 Å². The van der Waals surface area contributed by atoms with E-state index in [4.69, 9.17) is 0 Å². The van der Waals surface area contributed by atoms with Crippen molar-refractivity contribution >= 4 is 5.91 Å². The highest BCUT2D eigenvalue weighted by molar-refractivity contribution is 5.76. The SMILES string of the molecule is O=C(CCC1CCCC1)N(Cc1ccc(-c2ccc(CNCCc3ccccc3)cc2)cc1)Cc1cccnc1. The Bertz CT molecular complexity index is 1300. The highest BCUT2D eigenvalue weighted by Gasteiger charge is 2.20. The molecule has 1 aliphatic carbocycles. The van der Waals surface area contributed by atoms with Gasteiger partial charge in [0.25, 0.3) is 0 Å². The Labute approximate surface area is 239 Å². The first kappa shape index (κ1) is 27.8. The number of carbonyl (C=O) groups is 1. The molecule has 4 heteroatoms. The Balaban J connectivity index is 1.15. The number of aromatic nitrogens is 1. The maximum absolute atomic E-state index is 13.3. The van der Waals surface area contributed by atoms with E-state index < -0.39 is 0 Å². The van der Waals surface area contributed by atoms with Crippen molar-refractivity contribution in [3.05, 3.63) is 126 Å². The van der Waals surface area contributed by atoms with Crippen LogP contribution in [0.5, 0.6) is 0 Å². The van der Waals surface area contributed by atoms with Crippen molar-refractivity contribution in [3.8, 4) is 11.1 Å². The third-order valence-corrected chi connectivity index (χ3v) is 8.07. The Kier molecular flexibility index (Phi) is 10.1. The molecule has 1 amide bonds. The van der Waals surface area contributed by atoms with Gasteiger partial charge in [0.15, 0.2) is 0 Å². The zero-order valence-corrected chi connectivity index (χ0v) is 23.5. The maximum Gasteiger partial charge on any atom is 0.223 e. The van der Waals surface area contributed by atoms with Gasteiger partial charge >= 0.3 is 0 Å². The fraction of sp³-hybridized carbons (Fsp3) is 0.333. The lowest BCUT2D eigenvalue weighted by atomic mass is 10.0. The summed E-state index contributed by atoms with van der Waals surface area (Å²) in [4.78, 5) is 19.6. The van der Waals surface area contributed by atoms with Gasteiger partial charge in [-0.15, -0.1) is 0 Å². The van der Waals surface area contributed by atoms with Crippen molar-refractivity contribution < 1.29 is 4.79 Å². The van der Waals surface area contributed by atoms with Gasteiger partial charge in [-0.05, 0) is 64.8 Å². The first-order valence-electron chi connectivity index (χ1n) is 14.8. The van der Waals surface area contributed by atoms with Crippen molar-refractivity contribution in [2.24, 2.45) is 5.92 Å². The van der Waals surface area contributed by atoms with Gasteiger partial charge in [-0.2, -0.15) is 0 Å². The van der Waals surface area contributed by atoms with E-state index in [0.717, 1.165) is 43.0 Å². The lowest BCUT2D eigenvalue weighted by Crippen LogP contribution is -2.30. The Morgan fingerprint density at radius 1 is 0.750 bits per heavy atom. The molecule has 1 saturated carbocycles. The number of hydrogen-bond acceptors (Lipinski definition) is 3. The third kappa shape index (κ3) is 8.37. The van der Waals surface area contributed by atoms with E-state index in [0.29, 0.717) is 19.5 Å². The molecule has 0 radical (unpaired) electrons. The molecule has 0 unspecified atom stereocenters. The molecule has 5 rings (SSSR count). The van der Waals surface area contributed by atoms with Gasteiger partial charge in [-0.3, -0.25) is 9.78 Å². The lowest BCUT2D eigenvalue weighted by molar-refractivity contribution is -0.132. The van der Waals surface area contributed by atoms with Gasteiger partial charge in [0.1, 0.15) is 0 Å². The van der Waals surface area contributed by atoms with Crippen LogP contribution in [0.25, 0.3) is 11.1 Å². The monoisotopic (exact) mass is 531 g/mol. The molecule has 0 saturated heterocycles. The molecule has 0 spiro atoms. The average Bonchev–Trinajstić information content (AvgIpc) is 3.53. The van der Waals surface area contributed by atoms with E-state index in [-0.39, 0.29) is 5.91 Å². The van der Waals surface area contributed by atoms with Crippen LogP contribution >= 0.6 is 0 Å². The highest BCUT2D eigenvalue weighted by Crippen LogP contribution is 2.29. The van der Waals surface area contributed by atoms with Crippen LogP contribution in [0.2, 0.25) is 0 Å². The van der Waals surface area contributed by atoms with Crippen LogP contribution in [0.1, 0.15) is 60.8 Å². The maximum atomic E-state index is 13.3. The summed E-state index contributed by atoms with van der Waals surface area (Å²) in [6.45, 7) is 3.05. The van der Waals surface area contributed by atoms with E-state index in [1.165, 1.54) is 47.9 Å². The van der Waals surface area contributed by atoms with Crippen molar-refractivity contribution in [2.45, 2.75) is 64.6 Å². The Morgan fingerprint density at radius 3 is 2.08 bits per heavy atom. The summed E-state index contributed by atoms with van der Waals surface area (Å²) in [6.07, 6.45) is 11.5. The zero-order chi connectivity index (χ0) is 27.4. The molecular formula is C36H41N3O. The van der Waals surface area contributed by atoms with Crippen LogP contribution in [0.4, 0.5) is 0 Å². The molecular weight excluding hydrogens is 490 g/mol. The number of benzene rings is 3. The minimum absolute atomic E-state index is 0.243.